The molecule has 0 atom stereocenters. The van der Waals surface area contributed by atoms with Crippen LogP contribution in [-0.4, -0.2) is 13.3 Å². The smallest absolute Gasteiger partial charge is 0.141 e. The Kier molecular flexibility index (Phi) is 5.94. The maximum Gasteiger partial charge on any atom is 0.141 e. The van der Waals surface area contributed by atoms with Gasteiger partial charge in [0, 0.05) is 6.42 Å². The van der Waals surface area contributed by atoms with Gasteiger partial charge in [0.2, 0.25) is 0 Å². The summed E-state index contributed by atoms with van der Waals surface area (Å²) in [6.45, 7) is 2.13. The number of hydrogen-bond donors (Lipinski definition) is 1. The van der Waals surface area contributed by atoms with Crippen LogP contribution in [0.3, 0.4) is 0 Å². The zero-order chi connectivity index (χ0) is 6.24. The molecule has 0 saturated heterocycles. The molecule has 1 nitrogen and oxygen atoms in total. The van der Waals surface area contributed by atoms with E-state index >= 15 is 0 Å². The lowest BCUT2D eigenvalue weighted by atomic mass is 10.3. The van der Waals surface area contributed by atoms with Gasteiger partial charge in [-0.1, -0.05) is 19.1 Å². The van der Waals surface area contributed by atoms with E-state index < -0.39 is 0 Å². The van der Waals surface area contributed by atoms with Crippen LogP contribution in [-0.2, 0) is 0 Å². The van der Waals surface area contributed by atoms with Crippen LogP contribution >= 0.6 is 0 Å². The maximum atomic E-state index is 2.95. The Morgan fingerprint density at radius 2 is 2.12 bits per heavy atom. The number of allylic oxidation sites excluding steroid dienone is 2. The molecule has 0 aliphatic rings. The second-order valence-electron chi connectivity index (χ2n) is 1.61. The van der Waals surface area contributed by atoms with Gasteiger partial charge in [-0.15, -0.1) is 0 Å². The molecular weight excluding hydrogens is 98.1 g/mol. The summed E-state index contributed by atoms with van der Waals surface area (Å²) in [5.41, 5.74) is 0. The fourth-order valence-electron chi connectivity index (χ4n) is 0.449. The Labute approximate surface area is 51.1 Å². The summed E-state index contributed by atoms with van der Waals surface area (Å²) in [4.78, 5) is 2.95. The van der Waals surface area contributed by atoms with Crippen molar-refractivity contribution in [1.29, 1.82) is 0 Å². The highest BCUT2D eigenvalue weighted by Crippen LogP contribution is 1.79. The molecule has 0 aromatic rings. The molecule has 0 heterocycles. The molecule has 0 aliphatic heterocycles. The minimum atomic E-state index is 1.03. The van der Waals surface area contributed by atoms with Crippen molar-refractivity contribution in [1.82, 2.24) is 0 Å². The molecule has 0 rings (SSSR count). The fraction of sp³-hybridized carbons (Fsp3) is 0.571. The molecule has 0 aliphatic carbocycles. The van der Waals surface area contributed by atoms with Crippen LogP contribution in [0.15, 0.2) is 12.2 Å². The van der Waals surface area contributed by atoms with E-state index in [0.29, 0.717) is 0 Å². The van der Waals surface area contributed by atoms with Gasteiger partial charge in [0.05, 0.1) is 0 Å². The van der Waals surface area contributed by atoms with Crippen molar-refractivity contribution in [2.45, 2.75) is 19.8 Å². The molecule has 0 spiro atoms. The van der Waals surface area contributed by atoms with Crippen LogP contribution in [0, 0.1) is 0 Å². The highest BCUT2D eigenvalue weighted by atomic mass is 14.6. The normalized spacial score (nSPS) is 11.8. The Morgan fingerprint density at radius 3 is 2.62 bits per heavy atom. The predicted molar refractivity (Wildman–Crippen MR) is 37.0 cm³/mol. The SMILES string of the molecule is CC/C=C\CC=[NH+]C. The average Bonchev–Trinajstić information content (AvgIpc) is 1.81. The summed E-state index contributed by atoms with van der Waals surface area (Å²) in [5.74, 6) is 0. The predicted octanol–water partition coefficient (Wildman–Crippen LogP) is 0.124. The lowest BCUT2D eigenvalue weighted by molar-refractivity contribution is -0.415. The lowest BCUT2D eigenvalue weighted by Gasteiger charge is -1.73. The van der Waals surface area contributed by atoms with Crippen molar-refractivity contribution >= 4 is 6.21 Å². The standard InChI is InChI=1S/C7H13N/c1-3-4-5-6-7-8-2/h4-5,7H,3,6H2,1-2H3/p+1/b5-4-,8-7?. The topological polar surface area (TPSA) is 14.0 Å². The molecule has 1 N–H and O–H groups in total. The van der Waals surface area contributed by atoms with Gasteiger partial charge in [-0.05, 0) is 6.42 Å². The van der Waals surface area contributed by atoms with Gasteiger partial charge in [0.15, 0.2) is 0 Å². The van der Waals surface area contributed by atoms with Gasteiger partial charge in [-0.3, -0.25) is 4.99 Å². The van der Waals surface area contributed by atoms with Crippen molar-refractivity contribution in [3.8, 4) is 0 Å². The van der Waals surface area contributed by atoms with Gasteiger partial charge in [-0.2, -0.15) is 0 Å². The van der Waals surface area contributed by atoms with E-state index in [2.05, 4.69) is 24.1 Å². The highest BCUT2D eigenvalue weighted by Gasteiger charge is 1.70. The zero-order valence-electron chi connectivity index (χ0n) is 5.65. The van der Waals surface area contributed by atoms with Gasteiger partial charge in [-0.25, -0.2) is 0 Å². The van der Waals surface area contributed by atoms with Crippen molar-refractivity contribution in [2.75, 3.05) is 7.05 Å². The van der Waals surface area contributed by atoms with Crippen LogP contribution in [0.2, 0.25) is 0 Å². The Balaban J connectivity index is 3.03. The Morgan fingerprint density at radius 1 is 1.38 bits per heavy atom. The summed E-state index contributed by atoms with van der Waals surface area (Å²) in [6, 6.07) is 0. The molecule has 1 heteroatoms. The fourth-order valence-corrected chi connectivity index (χ4v) is 0.449. The summed E-state index contributed by atoms with van der Waals surface area (Å²) in [5, 5.41) is 0. The first-order valence-electron chi connectivity index (χ1n) is 3.05. The summed E-state index contributed by atoms with van der Waals surface area (Å²) < 4.78 is 0. The summed E-state index contributed by atoms with van der Waals surface area (Å²) in [6.07, 6.45) is 8.50. The molecule has 0 fully saturated rings. The number of hydrogen-bond acceptors (Lipinski definition) is 0. The van der Waals surface area contributed by atoms with Crippen LogP contribution in [0.4, 0.5) is 0 Å². The molecular formula is C7H14N+. The van der Waals surface area contributed by atoms with E-state index in [1.165, 1.54) is 0 Å². The first-order valence-corrected chi connectivity index (χ1v) is 3.05. The maximum absolute atomic E-state index is 2.95. The first kappa shape index (κ1) is 7.41. The third kappa shape index (κ3) is 5.41. The van der Waals surface area contributed by atoms with Gasteiger partial charge in [0.1, 0.15) is 13.3 Å². The van der Waals surface area contributed by atoms with Crippen LogP contribution in [0.5, 0.6) is 0 Å². The van der Waals surface area contributed by atoms with Crippen molar-refractivity contribution in [2.24, 2.45) is 0 Å². The summed E-state index contributed by atoms with van der Waals surface area (Å²) in [7, 11) is 1.92. The van der Waals surface area contributed by atoms with Gasteiger partial charge < -0.3 is 0 Å². The first-order chi connectivity index (χ1) is 3.91. The molecule has 0 aromatic carbocycles. The van der Waals surface area contributed by atoms with Crippen molar-refractivity contribution in [3.05, 3.63) is 12.2 Å². The minimum absolute atomic E-state index is 1.03. The molecule has 0 bridgehead atoms. The monoisotopic (exact) mass is 112 g/mol. The van der Waals surface area contributed by atoms with Crippen molar-refractivity contribution in [3.63, 3.8) is 0 Å². The Bertz CT molecular complexity index is 82.4. The van der Waals surface area contributed by atoms with Crippen molar-refractivity contribution < 1.29 is 4.99 Å². The van der Waals surface area contributed by atoms with Crippen LogP contribution in [0.1, 0.15) is 19.8 Å². The van der Waals surface area contributed by atoms with Gasteiger partial charge >= 0.3 is 0 Å². The molecule has 0 amide bonds. The molecule has 0 radical (unpaired) electrons. The zero-order valence-corrected chi connectivity index (χ0v) is 5.65. The third-order valence-corrected chi connectivity index (χ3v) is 0.860. The molecule has 46 valence electrons. The van der Waals surface area contributed by atoms with E-state index in [1.807, 2.05) is 13.3 Å². The van der Waals surface area contributed by atoms with E-state index in [-0.39, 0.29) is 0 Å². The quantitative estimate of drug-likeness (QED) is 0.394. The molecule has 0 unspecified atom stereocenters. The Hall–Kier alpha value is -0.590. The number of nitrogens with one attached hydrogen (secondary N) is 1. The van der Waals surface area contributed by atoms with E-state index in [4.69, 9.17) is 0 Å². The van der Waals surface area contributed by atoms with E-state index in [0.717, 1.165) is 12.8 Å². The van der Waals surface area contributed by atoms with E-state index in [9.17, 15) is 0 Å². The second-order valence-corrected chi connectivity index (χ2v) is 1.61. The van der Waals surface area contributed by atoms with E-state index in [1.54, 1.807) is 0 Å². The lowest BCUT2D eigenvalue weighted by Crippen LogP contribution is -2.62. The average molecular weight is 112 g/mol. The summed E-state index contributed by atoms with van der Waals surface area (Å²) >= 11 is 0. The molecule has 8 heavy (non-hydrogen) atoms. The van der Waals surface area contributed by atoms with Crippen LogP contribution in [0.25, 0.3) is 0 Å². The molecule has 0 saturated carbocycles. The molecule has 0 aromatic heterocycles. The highest BCUT2D eigenvalue weighted by molar-refractivity contribution is 5.52. The minimum Gasteiger partial charge on any atom is -0.254 e. The van der Waals surface area contributed by atoms with Crippen LogP contribution < -0.4 is 4.99 Å². The largest absolute Gasteiger partial charge is 0.254 e. The number of rotatable bonds is 3. The third-order valence-electron chi connectivity index (χ3n) is 0.860. The second kappa shape index (κ2) is 6.41. The van der Waals surface area contributed by atoms with Gasteiger partial charge in [0.25, 0.3) is 0 Å².